The van der Waals surface area contributed by atoms with Gasteiger partial charge in [-0.15, -0.1) is 0 Å². The van der Waals surface area contributed by atoms with E-state index in [4.69, 9.17) is 14.6 Å². The van der Waals surface area contributed by atoms with Crippen molar-refractivity contribution >= 4 is 11.8 Å². The standard InChI is InChI=1S/C12H17NO5/c1-17-6(5-14)4-13-11(15)9-7-2-3-8(18-7)10(9)12(13)16/h6-10,14H,2-5H2,1H3/t6?,7-,8-,9?,10?/m1/s1. The number of aliphatic hydroxyl groups excluding tert-OH is 1. The molecule has 3 fully saturated rings. The van der Waals surface area contributed by atoms with Gasteiger partial charge in [-0.1, -0.05) is 0 Å². The normalized spacial score (nSPS) is 39.6. The van der Waals surface area contributed by atoms with E-state index in [9.17, 15) is 9.59 Å². The molecule has 3 heterocycles. The maximum Gasteiger partial charge on any atom is 0.235 e. The van der Waals surface area contributed by atoms with Crippen LogP contribution in [0.4, 0.5) is 0 Å². The van der Waals surface area contributed by atoms with Crippen LogP contribution in [0.1, 0.15) is 12.8 Å². The first-order valence-electron chi connectivity index (χ1n) is 6.31. The molecule has 0 aliphatic carbocycles. The van der Waals surface area contributed by atoms with Crippen molar-refractivity contribution < 1.29 is 24.2 Å². The zero-order valence-electron chi connectivity index (χ0n) is 10.2. The van der Waals surface area contributed by atoms with Gasteiger partial charge in [-0.25, -0.2) is 0 Å². The molecule has 3 saturated heterocycles. The highest BCUT2D eigenvalue weighted by atomic mass is 16.5. The number of fused-ring (bicyclic) bond motifs is 5. The lowest BCUT2D eigenvalue weighted by Gasteiger charge is -2.21. The van der Waals surface area contributed by atoms with Crippen molar-refractivity contribution in [3.05, 3.63) is 0 Å². The summed E-state index contributed by atoms with van der Waals surface area (Å²) in [5.41, 5.74) is 0. The van der Waals surface area contributed by atoms with Gasteiger partial charge in [0.1, 0.15) is 0 Å². The lowest BCUT2D eigenvalue weighted by Crippen LogP contribution is -2.41. The number of carbonyl (C=O) groups excluding carboxylic acids is 2. The molecule has 0 radical (unpaired) electrons. The van der Waals surface area contributed by atoms with Crippen LogP contribution >= 0.6 is 0 Å². The van der Waals surface area contributed by atoms with Crippen molar-refractivity contribution in [2.45, 2.75) is 31.2 Å². The van der Waals surface area contributed by atoms with E-state index in [2.05, 4.69) is 0 Å². The molecule has 100 valence electrons. The summed E-state index contributed by atoms with van der Waals surface area (Å²) >= 11 is 0. The number of hydrogen-bond donors (Lipinski definition) is 1. The van der Waals surface area contributed by atoms with Crippen molar-refractivity contribution in [2.24, 2.45) is 11.8 Å². The first-order valence-corrected chi connectivity index (χ1v) is 6.31. The van der Waals surface area contributed by atoms with E-state index in [1.165, 1.54) is 12.0 Å². The summed E-state index contributed by atoms with van der Waals surface area (Å²) in [5, 5.41) is 9.08. The molecule has 3 unspecified atom stereocenters. The molecule has 0 saturated carbocycles. The third-order valence-electron chi connectivity index (χ3n) is 4.30. The van der Waals surface area contributed by atoms with Gasteiger partial charge in [-0.05, 0) is 12.8 Å². The molecule has 5 atom stereocenters. The smallest absolute Gasteiger partial charge is 0.235 e. The van der Waals surface area contributed by atoms with E-state index < -0.39 is 6.10 Å². The van der Waals surface area contributed by atoms with Gasteiger partial charge in [0.15, 0.2) is 0 Å². The van der Waals surface area contributed by atoms with E-state index in [0.717, 1.165) is 12.8 Å². The first kappa shape index (κ1) is 12.1. The highest BCUT2D eigenvalue weighted by molar-refractivity contribution is 6.06. The second-order valence-electron chi connectivity index (χ2n) is 5.17. The van der Waals surface area contributed by atoms with Gasteiger partial charge in [0, 0.05) is 7.11 Å². The Bertz CT molecular complexity index is 353. The second kappa shape index (κ2) is 4.29. The summed E-state index contributed by atoms with van der Waals surface area (Å²) in [6.07, 6.45) is 1.06. The molecule has 3 aliphatic rings. The maximum atomic E-state index is 12.2. The summed E-state index contributed by atoms with van der Waals surface area (Å²) < 4.78 is 10.7. The van der Waals surface area contributed by atoms with Crippen LogP contribution in [0, 0.1) is 11.8 Å². The molecule has 0 aromatic rings. The van der Waals surface area contributed by atoms with Crippen LogP contribution < -0.4 is 0 Å². The van der Waals surface area contributed by atoms with Crippen molar-refractivity contribution in [3.8, 4) is 0 Å². The Labute approximate surface area is 105 Å². The SMILES string of the molecule is COC(CO)CN1C(=O)C2C(C1=O)[C@H]1CC[C@H]2O1. The monoisotopic (exact) mass is 255 g/mol. The van der Waals surface area contributed by atoms with Crippen LogP contribution in [0.25, 0.3) is 0 Å². The van der Waals surface area contributed by atoms with Crippen LogP contribution in [0.3, 0.4) is 0 Å². The average Bonchev–Trinajstić information content (AvgIpc) is 3.03. The van der Waals surface area contributed by atoms with E-state index in [0.29, 0.717) is 0 Å². The minimum Gasteiger partial charge on any atom is -0.394 e. The van der Waals surface area contributed by atoms with Gasteiger partial charge in [0.05, 0.1) is 43.3 Å². The van der Waals surface area contributed by atoms with Gasteiger partial charge < -0.3 is 14.6 Å². The summed E-state index contributed by atoms with van der Waals surface area (Å²) in [6, 6.07) is 0. The average molecular weight is 255 g/mol. The van der Waals surface area contributed by atoms with E-state index in [-0.39, 0.29) is 49.0 Å². The molecule has 0 aromatic heterocycles. The molecule has 2 bridgehead atoms. The first-order chi connectivity index (χ1) is 8.67. The van der Waals surface area contributed by atoms with Gasteiger partial charge in [0.25, 0.3) is 0 Å². The summed E-state index contributed by atoms with van der Waals surface area (Å²) in [4.78, 5) is 25.7. The molecule has 2 amide bonds. The van der Waals surface area contributed by atoms with Crippen molar-refractivity contribution in [1.29, 1.82) is 0 Å². The molecule has 6 heteroatoms. The number of aliphatic hydroxyl groups is 1. The number of ether oxygens (including phenoxy) is 2. The lowest BCUT2D eigenvalue weighted by molar-refractivity contribution is -0.145. The Hall–Kier alpha value is -0.980. The van der Waals surface area contributed by atoms with Gasteiger partial charge in [0.2, 0.25) is 11.8 Å². The van der Waals surface area contributed by atoms with Gasteiger partial charge >= 0.3 is 0 Å². The Morgan fingerprint density at radius 3 is 2.33 bits per heavy atom. The minimum atomic E-state index is -0.504. The molecule has 18 heavy (non-hydrogen) atoms. The maximum absolute atomic E-state index is 12.2. The van der Waals surface area contributed by atoms with E-state index >= 15 is 0 Å². The number of imide groups is 1. The number of methoxy groups -OCH3 is 1. The lowest BCUT2D eigenvalue weighted by atomic mass is 9.81. The molecule has 6 nitrogen and oxygen atoms in total. The summed E-state index contributed by atoms with van der Waals surface area (Å²) in [5.74, 6) is -0.916. The Morgan fingerprint density at radius 1 is 1.33 bits per heavy atom. The molecular weight excluding hydrogens is 238 g/mol. The molecule has 3 aliphatic heterocycles. The van der Waals surface area contributed by atoms with Crippen molar-refractivity contribution in [2.75, 3.05) is 20.3 Å². The summed E-state index contributed by atoms with van der Waals surface area (Å²) in [7, 11) is 1.46. The Morgan fingerprint density at radius 2 is 1.89 bits per heavy atom. The van der Waals surface area contributed by atoms with E-state index in [1.54, 1.807) is 0 Å². The highest BCUT2D eigenvalue weighted by Crippen LogP contribution is 2.48. The zero-order chi connectivity index (χ0) is 12.9. The van der Waals surface area contributed by atoms with Crippen LogP contribution in [0.5, 0.6) is 0 Å². The molecule has 0 aromatic carbocycles. The fraction of sp³-hybridized carbons (Fsp3) is 0.833. The quantitative estimate of drug-likeness (QED) is 0.663. The second-order valence-corrected chi connectivity index (χ2v) is 5.17. The topological polar surface area (TPSA) is 76.1 Å². The number of likely N-dealkylation sites (tertiary alicyclic amines) is 1. The predicted octanol–water partition coefficient (Wildman–Crippen LogP) is -0.844. The number of nitrogens with zero attached hydrogens (tertiary/aromatic N) is 1. The highest BCUT2D eigenvalue weighted by Gasteiger charge is 2.62. The number of amides is 2. The van der Waals surface area contributed by atoms with Crippen molar-refractivity contribution in [1.82, 2.24) is 4.90 Å². The van der Waals surface area contributed by atoms with Crippen LogP contribution in [-0.4, -0.2) is 60.4 Å². The van der Waals surface area contributed by atoms with Crippen LogP contribution in [-0.2, 0) is 19.1 Å². The van der Waals surface area contributed by atoms with Crippen molar-refractivity contribution in [3.63, 3.8) is 0 Å². The fourth-order valence-corrected chi connectivity index (χ4v) is 3.36. The van der Waals surface area contributed by atoms with Crippen LogP contribution in [0.15, 0.2) is 0 Å². The predicted molar refractivity (Wildman–Crippen MR) is 59.5 cm³/mol. The molecule has 3 rings (SSSR count). The van der Waals surface area contributed by atoms with Gasteiger partial charge in [-0.3, -0.25) is 14.5 Å². The summed E-state index contributed by atoms with van der Waals surface area (Å²) in [6.45, 7) is -0.0661. The number of carbonyl (C=O) groups is 2. The Balaban J connectivity index is 1.78. The van der Waals surface area contributed by atoms with E-state index in [1.807, 2.05) is 0 Å². The third-order valence-corrected chi connectivity index (χ3v) is 4.30. The number of hydrogen-bond acceptors (Lipinski definition) is 5. The van der Waals surface area contributed by atoms with Crippen LogP contribution in [0.2, 0.25) is 0 Å². The number of rotatable bonds is 4. The minimum absolute atomic E-state index is 0.0865. The third kappa shape index (κ3) is 1.52. The molecular formula is C12H17NO5. The van der Waals surface area contributed by atoms with Gasteiger partial charge in [-0.2, -0.15) is 0 Å². The zero-order valence-corrected chi connectivity index (χ0v) is 10.2. The molecule has 1 N–H and O–H groups in total. The fourth-order valence-electron chi connectivity index (χ4n) is 3.36. The molecule has 0 spiro atoms. The largest absolute Gasteiger partial charge is 0.394 e. The Kier molecular flexibility index (Phi) is 2.88.